The van der Waals surface area contributed by atoms with Crippen molar-refractivity contribution in [1.82, 2.24) is 0 Å². The third-order valence-electron chi connectivity index (χ3n) is 3.69. The Balaban J connectivity index is 3.59. The van der Waals surface area contributed by atoms with Crippen LogP contribution in [0.15, 0.2) is 36.5 Å². The molecule has 2 heteroatoms. The molecule has 0 aliphatic carbocycles. The third kappa shape index (κ3) is 18.7. The fourth-order valence-electron chi connectivity index (χ4n) is 2.28. The maximum Gasteiger partial charge on any atom is 0.305 e. The monoisotopic (exact) mass is 339 g/mol. The summed E-state index contributed by atoms with van der Waals surface area (Å²) in [6.07, 6.45) is 24.6. The van der Waals surface area contributed by atoms with Gasteiger partial charge in [-0.1, -0.05) is 69.1 Å². The summed E-state index contributed by atoms with van der Waals surface area (Å²) in [7, 11) is 0. The summed E-state index contributed by atoms with van der Waals surface area (Å²) in [5.74, 6) is -0.798. The molecular weight excluding hydrogens is 296 g/mol. The van der Waals surface area contributed by atoms with E-state index in [1.54, 1.807) is 0 Å². The number of ether oxygens (including phenoxy) is 1. The van der Waals surface area contributed by atoms with E-state index in [2.05, 4.69) is 48.1 Å². The topological polar surface area (TPSA) is 26.3 Å². The van der Waals surface area contributed by atoms with Gasteiger partial charge < -0.3 is 4.74 Å². The zero-order valence-electron chi connectivity index (χ0n) is 20.3. The lowest BCUT2D eigenvalue weighted by Crippen LogP contribution is -2.02. The van der Waals surface area contributed by atoms with E-state index in [9.17, 15) is 4.79 Å². The molecule has 0 unspecified atom stereocenters. The average molecular weight is 340 g/mol. The minimum atomic E-state index is -2.96. The van der Waals surface area contributed by atoms with E-state index in [0.29, 0.717) is 6.42 Å². The van der Waals surface area contributed by atoms with Gasteiger partial charge in [-0.3, -0.25) is 4.79 Å². The Bertz CT molecular complexity index is 508. The molecule has 138 valence electrons. The highest BCUT2D eigenvalue weighted by Gasteiger charge is 1.99. The van der Waals surface area contributed by atoms with Crippen LogP contribution < -0.4 is 0 Å². The summed E-state index contributed by atoms with van der Waals surface area (Å²) in [5.41, 5.74) is 0. The van der Waals surface area contributed by atoms with Gasteiger partial charge in [-0.2, -0.15) is 0 Å². The van der Waals surface area contributed by atoms with Gasteiger partial charge in [-0.25, -0.2) is 0 Å². The van der Waals surface area contributed by atoms with Gasteiger partial charge in [0.05, 0.1) is 9.30 Å². The molecule has 0 saturated carbocycles. The standard InChI is InChI=1S/C22H38O2/c1-3-5-6-7-8-9-10-11-12-13-14-15-16-17-18-19-20-21-22(23)24-4-2/h8-9,11-12,14-15H,3-7,10,13,16-21H2,1-2H3/b9-8-,12-11-,15-14-/i2D3,4D2. The number of allylic oxidation sites excluding steroid dienone is 6. The largest absolute Gasteiger partial charge is 0.466 e. The highest BCUT2D eigenvalue weighted by molar-refractivity contribution is 5.69. The molecule has 0 bridgehead atoms. The molecule has 24 heavy (non-hydrogen) atoms. The van der Waals surface area contributed by atoms with Gasteiger partial charge in [0.15, 0.2) is 0 Å². The molecule has 0 rings (SSSR count). The second kappa shape index (κ2) is 19.7. The molecule has 0 heterocycles. The van der Waals surface area contributed by atoms with Crippen molar-refractivity contribution in [2.75, 3.05) is 6.56 Å². The van der Waals surface area contributed by atoms with Gasteiger partial charge in [-0.15, -0.1) is 0 Å². The Hall–Kier alpha value is -1.31. The number of unbranched alkanes of at least 4 members (excludes halogenated alkanes) is 7. The van der Waals surface area contributed by atoms with Gasteiger partial charge in [0.2, 0.25) is 0 Å². The van der Waals surface area contributed by atoms with E-state index in [4.69, 9.17) is 6.85 Å². The van der Waals surface area contributed by atoms with Crippen LogP contribution in [-0.4, -0.2) is 12.5 Å². The quantitative estimate of drug-likeness (QED) is 0.173. The summed E-state index contributed by atoms with van der Waals surface area (Å²) in [4.78, 5) is 11.5. The molecule has 0 aromatic heterocycles. The highest BCUT2D eigenvalue weighted by atomic mass is 16.5. The summed E-state index contributed by atoms with van der Waals surface area (Å²) >= 11 is 0. The van der Waals surface area contributed by atoms with E-state index in [1.807, 2.05) is 0 Å². The van der Waals surface area contributed by atoms with Gasteiger partial charge in [0.25, 0.3) is 0 Å². The SMILES string of the molecule is [2H]C([2H])([2H])C([2H])([2H])OC(=O)CCCCCC/C=C\C/C=C\C/C=C\CCCCC. The molecule has 0 saturated heterocycles. The fourth-order valence-corrected chi connectivity index (χ4v) is 2.28. The minimum absolute atomic E-state index is 0.0449. The molecule has 0 radical (unpaired) electrons. The lowest BCUT2D eigenvalue weighted by Gasteiger charge is -2.01. The number of hydrogen-bond acceptors (Lipinski definition) is 2. The molecule has 0 aliphatic heterocycles. The minimum Gasteiger partial charge on any atom is -0.466 e. The lowest BCUT2D eigenvalue weighted by atomic mass is 10.1. The van der Waals surface area contributed by atoms with Crippen molar-refractivity contribution in [3.63, 3.8) is 0 Å². The molecule has 0 spiro atoms. The molecule has 0 atom stereocenters. The number of hydrogen-bond donors (Lipinski definition) is 0. The van der Waals surface area contributed by atoms with Crippen LogP contribution in [0.4, 0.5) is 0 Å². The Morgan fingerprint density at radius 3 is 2.08 bits per heavy atom. The second-order valence-electron chi connectivity index (χ2n) is 5.91. The highest BCUT2D eigenvalue weighted by Crippen LogP contribution is 2.07. The lowest BCUT2D eigenvalue weighted by molar-refractivity contribution is -0.143. The normalized spacial score (nSPS) is 16.1. The van der Waals surface area contributed by atoms with Crippen molar-refractivity contribution < 1.29 is 16.4 Å². The Labute approximate surface area is 157 Å². The molecule has 0 aliphatic rings. The summed E-state index contributed by atoms with van der Waals surface area (Å²) in [6.45, 7) is -3.67. The van der Waals surface area contributed by atoms with E-state index < -0.39 is 19.4 Å². The average Bonchev–Trinajstić information content (AvgIpc) is 2.63. The van der Waals surface area contributed by atoms with Crippen molar-refractivity contribution in [1.29, 1.82) is 0 Å². The van der Waals surface area contributed by atoms with Gasteiger partial charge >= 0.3 is 5.97 Å². The Kier molecular flexibility index (Phi) is 12.3. The first kappa shape index (κ1) is 15.0. The Morgan fingerprint density at radius 2 is 1.46 bits per heavy atom. The van der Waals surface area contributed by atoms with Crippen molar-refractivity contribution in [2.24, 2.45) is 0 Å². The van der Waals surface area contributed by atoms with Crippen molar-refractivity contribution in [2.45, 2.75) is 90.8 Å². The molecule has 0 aromatic rings. The maximum absolute atomic E-state index is 11.5. The summed E-state index contributed by atoms with van der Waals surface area (Å²) in [5, 5.41) is 0. The van der Waals surface area contributed by atoms with Crippen LogP contribution in [0.5, 0.6) is 0 Å². The van der Waals surface area contributed by atoms with Crippen LogP contribution in [0.2, 0.25) is 0 Å². The summed E-state index contributed by atoms with van der Waals surface area (Å²) < 4.78 is 40.0. The molecule has 0 aromatic carbocycles. The summed E-state index contributed by atoms with van der Waals surface area (Å²) in [6, 6.07) is 0. The molecule has 0 amide bonds. The van der Waals surface area contributed by atoms with Crippen molar-refractivity contribution >= 4 is 5.97 Å². The predicted molar refractivity (Wildman–Crippen MR) is 105 cm³/mol. The second-order valence-corrected chi connectivity index (χ2v) is 5.91. The van der Waals surface area contributed by atoms with Crippen LogP contribution in [-0.2, 0) is 9.53 Å². The molecule has 2 nitrogen and oxygen atoms in total. The number of esters is 1. The number of carbonyl (C=O) groups is 1. The smallest absolute Gasteiger partial charge is 0.305 e. The number of carbonyl (C=O) groups excluding carboxylic acids is 1. The molecular formula is C22H38O2. The van der Waals surface area contributed by atoms with E-state index in [1.165, 1.54) is 25.7 Å². The molecule has 0 N–H and O–H groups in total. The van der Waals surface area contributed by atoms with Crippen LogP contribution in [0.3, 0.4) is 0 Å². The van der Waals surface area contributed by atoms with Crippen LogP contribution in [0.1, 0.15) is 97.7 Å². The zero-order chi connectivity index (χ0) is 22.0. The maximum atomic E-state index is 11.5. The van der Waals surface area contributed by atoms with Gasteiger partial charge in [-0.05, 0) is 51.8 Å². The first-order valence-electron chi connectivity index (χ1n) is 11.9. The number of rotatable bonds is 16. The van der Waals surface area contributed by atoms with Crippen molar-refractivity contribution in [3.05, 3.63) is 36.5 Å². The molecule has 0 fully saturated rings. The van der Waals surface area contributed by atoms with Gasteiger partial charge in [0, 0.05) is 10.5 Å². The predicted octanol–water partition coefficient (Wildman–Crippen LogP) is 6.92. The Morgan fingerprint density at radius 1 is 0.875 bits per heavy atom. The van der Waals surface area contributed by atoms with E-state index >= 15 is 0 Å². The van der Waals surface area contributed by atoms with E-state index in [0.717, 1.165) is 38.5 Å². The van der Waals surface area contributed by atoms with Crippen molar-refractivity contribution in [3.8, 4) is 0 Å². The fraction of sp³-hybridized carbons (Fsp3) is 0.682. The van der Waals surface area contributed by atoms with Crippen LogP contribution in [0, 0.1) is 0 Å². The van der Waals surface area contributed by atoms with Crippen LogP contribution in [0.25, 0.3) is 0 Å². The zero-order valence-corrected chi connectivity index (χ0v) is 15.3. The first-order chi connectivity index (χ1) is 13.7. The first-order valence-corrected chi connectivity index (χ1v) is 9.37. The third-order valence-corrected chi connectivity index (χ3v) is 3.69. The van der Waals surface area contributed by atoms with E-state index in [-0.39, 0.29) is 6.42 Å². The van der Waals surface area contributed by atoms with Gasteiger partial charge in [0.1, 0.15) is 0 Å². The van der Waals surface area contributed by atoms with Crippen LogP contribution >= 0.6 is 0 Å².